The monoisotopic (exact) mass is 206 g/mol. The Morgan fingerprint density at radius 2 is 1.92 bits per heavy atom. The molecule has 0 aromatic rings. The smallest absolute Gasteiger partial charge is 0.306 e. The summed E-state index contributed by atoms with van der Waals surface area (Å²) in [4.78, 5) is 10.6. The minimum atomic E-state index is -0.628. The maximum Gasteiger partial charge on any atom is 0.306 e. The van der Waals surface area contributed by atoms with Crippen molar-refractivity contribution in [1.29, 1.82) is 0 Å². The molecule has 0 amide bonds. The third-order valence-electron chi connectivity index (χ3n) is 3.07. The fourth-order valence-electron chi connectivity index (χ4n) is 2.06. The Kier molecular flexibility index (Phi) is 3.16. The van der Waals surface area contributed by atoms with Crippen LogP contribution in [0.15, 0.2) is 0 Å². The van der Waals surface area contributed by atoms with Crippen molar-refractivity contribution < 1.29 is 9.90 Å². The minimum Gasteiger partial charge on any atom is -0.481 e. The number of aliphatic carboxylic acids is 1. The molecule has 0 aromatic heterocycles. The predicted octanol–water partition coefficient (Wildman–Crippen LogP) is 0.530. The maximum atomic E-state index is 10.6. The standard InChI is InChI=1S/C8H14N2O2.ClH/c11-7(12)6-1-3-8(4-2-6)5-9-10-8;/h6,9-10H,1-5H2,(H,11,12);1H. The van der Waals surface area contributed by atoms with Gasteiger partial charge in [0.05, 0.1) is 5.92 Å². The summed E-state index contributed by atoms with van der Waals surface area (Å²) in [5.41, 5.74) is 6.44. The molecular weight excluding hydrogens is 192 g/mol. The molecule has 3 N–H and O–H groups in total. The Bertz CT molecular complexity index is 196. The summed E-state index contributed by atoms with van der Waals surface area (Å²) in [6.07, 6.45) is 3.64. The molecule has 13 heavy (non-hydrogen) atoms. The van der Waals surface area contributed by atoms with Crippen LogP contribution >= 0.6 is 12.4 Å². The minimum absolute atomic E-state index is 0. The third kappa shape index (κ3) is 1.95. The lowest BCUT2D eigenvalue weighted by molar-refractivity contribution is -0.143. The molecule has 1 aliphatic heterocycles. The van der Waals surface area contributed by atoms with Crippen LogP contribution < -0.4 is 10.9 Å². The third-order valence-corrected chi connectivity index (χ3v) is 3.07. The van der Waals surface area contributed by atoms with Gasteiger partial charge in [-0.3, -0.25) is 15.6 Å². The van der Waals surface area contributed by atoms with Crippen LogP contribution in [-0.2, 0) is 4.79 Å². The quantitative estimate of drug-likeness (QED) is 0.586. The number of hydrazine groups is 1. The Morgan fingerprint density at radius 1 is 1.38 bits per heavy atom. The van der Waals surface area contributed by atoms with Gasteiger partial charge in [0.2, 0.25) is 0 Å². The molecule has 1 saturated carbocycles. The van der Waals surface area contributed by atoms with Gasteiger partial charge in [0.25, 0.3) is 0 Å². The average molecular weight is 207 g/mol. The van der Waals surface area contributed by atoms with Gasteiger partial charge >= 0.3 is 5.97 Å². The van der Waals surface area contributed by atoms with Crippen molar-refractivity contribution >= 4 is 18.4 Å². The number of carbonyl (C=O) groups is 1. The summed E-state index contributed by atoms with van der Waals surface area (Å²) in [6.45, 7) is 0.999. The van der Waals surface area contributed by atoms with Crippen molar-refractivity contribution in [3.8, 4) is 0 Å². The predicted molar refractivity (Wildman–Crippen MR) is 50.7 cm³/mol. The van der Waals surface area contributed by atoms with Crippen LogP contribution in [0.4, 0.5) is 0 Å². The Balaban J connectivity index is 0.000000845. The van der Waals surface area contributed by atoms with Crippen molar-refractivity contribution in [2.24, 2.45) is 5.92 Å². The molecule has 0 bridgehead atoms. The van der Waals surface area contributed by atoms with Gasteiger partial charge in [-0.15, -0.1) is 12.4 Å². The number of hydrogen-bond donors (Lipinski definition) is 3. The lowest BCUT2D eigenvalue weighted by atomic mass is 9.75. The van der Waals surface area contributed by atoms with Crippen LogP contribution in [0.1, 0.15) is 25.7 Å². The van der Waals surface area contributed by atoms with Crippen LogP contribution in [-0.4, -0.2) is 23.2 Å². The molecule has 1 heterocycles. The van der Waals surface area contributed by atoms with Crippen molar-refractivity contribution in [2.45, 2.75) is 31.2 Å². The van der Waals surface area contributed by atoms with Gasteiger partial charge in [-0.25, -0.2) is 0 Å². The highest BCUT2D eigenvalue weighted by Crippen LogP contribution is 2.33. The second-order valence-electron chi connectivity index (χ2n) is 3.87. The highest BCUT2D eigenvalue weighted by Gasteiger charge is 2.41. The van der Waals surface area contributed by atoms with E-state index in [2.05, 4.69) is 10.9 Å². The van der Waals surface area contributed by atoms with Crippen LogP contribution in [0.2, 0.25) is 0 Å². The average Bonchev–Trinajstić information content (AvgIpc) is 2.02. The van der Waals surface area contributed by atoms with E-state index in [4.69, 9.17) is 5.11 Å². The van der Waals surface area contributed by atoms with E-state index in [1.54, 1.807) is 0 Å². The molecule has 2 fully saturated rings. The number of hydrogen-bond acceptors (Lipinski definition) is 3. The van der Waals surface area contributed by atoms with Gasteiger partial charge in [0.15, 0.2) is 0 Å². The Hall–Kier alpha value is -0.320. The van der Waals surface area contributed by atoms with E-state index in [1.165, 1.54) is 0 Å². The van der Waals surface area contributed by atoms with E-state index in [9.17, 15) is 4.79 Å². The second kappa shape index (κ2) is 3.82. The van der Waals surface area contributed by atoms with Crippen molar-refractivity contribution in [3.63, 3.8) is 0 Å². The molecule has 0 atom stereocenters. The molecule has 4 nitrogen and oxygen atoms in total. The van der Waals surface area contributed by atoms with Crippen molar-refractivity contribution in [3.05, 3.63) is 0 Å². The fourth-order valence-corrected chi connectivity index (χ4v) is 2.06. The Morgan fingerprint density at radius 3 is 2.23 bits per heavy atom. The first kappa shape index (κ1) is 10.8. The lowest BCUT2D eigenvalue weighted by Crippen LogP contribution is -2.70. The summed E-state index contributed by atoms with van der Waals surface area (Å²) >= 11 is 0. The van der Waals surface area contributed by atoms with Crippen LogP contribution in [0.25, 0.3) is 0 Å². The second-order valence-corrected chi connectivity index (χ2v) is 3.87. The number of rotatable bonds is 1. The summed E-state index contributed by atoms with van der Waals surface area (Å²) in [7, 11) is 0. The van der Waals surface area contributed by atoms with Crippen LogP contribution in [0.5, 0.6) is 0 Å². The van der Waals surface area contributed by atoms with Crippen LogP contribution in [0, 0.1) is 5.92 Å². The van der Waals surface area contributed by atoms with Gasteiger partial charge < -0.3 is 5.11 Å². The number of carboxylic acid groups (broad SMARTS) is 1. The molecule has 5 heteroatoms. The molecule has 0 aromatic carbocycles. The highest BCUT2D eigenvalue weighted by molar-refractivity contribution is 5.85. The molecule has 76 valence electrons. The van der Waals surface area contributed by atoms with E-state index in [-0.39, 0.29) is 23.9 Å². The fraction of sp³-hybridized carbons (Fsp3) is 0.875. The zero-order valence-corrected chi connectivity index (χ0v) is 8.19. The molecule has 1 aliphatic carbocycles. The van der Waals surface area contributed by atoms with E-state index in [0.717, 1.165) is 32.2 Å². The van der Waals surface area contributed by atoms with E-state index in [1.807, 2.05) is 0 Å². The van der Waals surface area contributed by atoms with Gasteiger partial charge in [0, 0.05) is 12.1 Å². The van der Waals surface area contributed by atoms with Crippen LogP contribution in [0.3, 0.4) is 0 Å². The first-order valence-electron chi connectivity index (χ1n) is 4.45. The summed E-state index contributed by atoms with van der Waals surface area (Å²) in [5.74, 6) is -0.727. The summed E-state index contributed by atoms with van der Waals surface area (Å²) in [6, 6.07) is 0. The Labute approximate surface area is 83.5 Å². The van der Waals surface area contributed by atoms with E-state index >= 15 is 0 Å². The van der Waals surface area contributed by atoms with Gasteiger partial charge in [-0.1, -0.05) is 0 Å². The van der Waals surface area contributed by atoms with Crippen molar-refractivity contribution in [2.75, 3.05) is 6.54 Å². The highest BCUT2D eigenvalue weighted by atomic mass is 35.5. The van der Waals surface area contributed by atoms with Gasteiger partial charge in [-0.05, 0) is 25.7 Å². The van der Waals surface area contributed by atoms with Gasteiger partial charge in [0.1, 0.15) is 0 Å². The largest absolute Gasteiger partial charge is 0.481 e. The lowest BCUT2D eigenvalue weighted by Gasteiger charge is -2.47. The summed E-state index contributed by atoms with van der Waals surface area (Å²) in [5, 5.41) is 8.76. The maximum absolute atomic E-state index is 10.6. The molecule has 2 rings (SSSR count). The molecule has 0 radical (unpaired) electrons. The van der Waals surface area contributed by atoms with E-state index < -0.39 is 5.97 Å². The van der Waals surface area contributed by atoms with Crippen molar-refractivity contribution in [1.82, 2.24) is 10.9 Å². The first-order chi connectivity index (χ1) is 5.72. The number of carboxylic acids is 1. The molecule has 0 unspecified atom stereocenters. The molecular formula is C8H15ClN2O2. The molecule has 1 spiro atoms. The van der Waals surface area contributed by atoms with Gasteiger partial charge in [-0.2, -0.15) is 0 Å². The zero-order chi connectivity index (χ0) is 8.60. The molecule has 2 aliphatic rings. The molecule has 1 saturated heterocycles. The normalized spacial score (nSPS) is 37.7. The number of halogens is 1. The zero-order valence-electron chi connectivity index (χ0n) is 7.38. The first-order valence-corrected chi connectivity index (χ1v) is 4.45. The summed E-state index contributed by atoms with van der Waals surface area (Å²) < 4.78 is 0. The van der Waals surface area contributed by atoms with E-state index in [0.29, 0.717) is 0 Å². The topological polar surface area (TPSA) is 61.4 Å². The number of nitrogens with one attached hydrogen (secondary N) is 2. The SMILES string of the molecule is Cl.O=C(O)C1CCC2(CC1)CNN2.